The topological polar surface area (TPSA) is 70.9 Å². The Kier molecular flexibility index (Phi) is 8.02. The third-order valence-electron chi connectivity index (χ3n) is 7.35. The van der Waals surface area contributed by atoms with Gasteiger partial charge in [-0.15, -0.1) is 0 Å². The highest BCUT2D eigenvalue weighted by Gasteiger charge is 2.40. The molecule has 4 rings (SSSR count). The lowest BCUT2D eigenvalue weighted by Crippen LogP contribution is -2.51. The molecule has 0 spiro atoms. The van der Waals surface area contributed by atoms with E-state index in [-0.39, 0.29) is 17.2 Å². The SMILES string of the molecule is CCn1cc(C(=O)N2CCC(COc3ccc(Cl)cc3)(CC(=O)N3CCN(C)CC3)CC2)c(C)n1. The minimum Gasteiger partial charge on any atom is -0.493 e. The molecule has 2 amide bonds. The minimum absolute atomic E-state index is 0.0137. The van der Waals surface area contributed by atoms with Crippen LogP contribution in [0.5, 0.6) is 5.75 Å². The number of carbonyl (C=O) groups is 2. The molecule has 9 heteroatoms. The highest BCUT2D eigenvalue weighted by Crippen LogP contribution is 2.37. The summed E-state index contributed by atoms with van der Waals surface area (Å²) in [5.74, 6) is 0.930. The van der Waals surface area contributed by atoms with E-state index in [4.69, 9.17) is 16.3 Å². The third-order valence-corrected chi connectivity index (χ3v) is 7.60. The fourth-order valence-electron chi connectivity index (χ4n) is 4.87. The molecule has 0 radical (unpaired) electrons. The highest BCUT2D eigenvalue weighted by atomic mass is 35.5. The Morgan fingerprint density at radius 1 is 1.03 bits per heavy atom. The predicted octanol–water partition coefficient (Wildman–Crippen LogP) is 3.33. The van der Waals surface area contributed by atoms with Gasteiger partial charge in [0.05, 0.1) is 17.9 Å². The summed E-state index contributed by atoms with van der Waals surface area (Å²) in [6.45, 7) is 9.54. The first-order chi connectivity index (χ1) is 16.8. The molecule has 0 bridgehead atoms. The van der Waals surface area contributed by atoms with E-state index < -0.39 is 0 Å². The summed E-state index contributed by atoms with van der Waals surface area (Å²) in [4.78, 5) is 32.6. The molecule has 0 unspecified atom stereocenters. The van der Waals surface area contributed by atoms with Crippen LogP contribution in [0.25, 0.3) is 0 Å². The van der Waals surface area contributed by atoms with Crippen LogP contribution >= 0.6 is 11.6 Å². The summed E-state index contributed by atoms with van der Waals surface area (Å²) in [5, 5.41) is 5.08. The van der Waals surface area contributed by atoms with Crippen molar-refractivity contribution in [2.24, 2.45) is 5.41 Å². The van der Waals surface area contributed by atoms with Crippen molar-refractivity contribution in [1.82, 2.24) is 24.5 Å². The molecule has 2 aromatic rings. The Hall–Kier alpha value is -2.58. The number of likely N-dealkylation sites (tertiary alicyclic amines) is 1. The molecule has 190 valence electrons. The maximum absolute atomic E-state index is 13.3. The van der Waals surface area contributed by atoms with Gasteiger partial charge in [0.15, 0.2) is 0 Å². The van der Waals surface area contributed by atoms with Crippen LogP contribution in [0.4, 0.5) is 0 Å². The second-order valence-corrected chi connectivity index (χ2v) is 10.3. The number of benzene rings is 1. The molecule has 2 saturated heterocycles. The standard InChI is InChI=1S/C26H36ClN5O3/c1-4-32-18-23(20(2)28-32)25(34)31-11-9-26(10-12-31,19-35-22-7-5-21(27)6-8-22)17-24(33)30-15-13-29(3)14-16-30/h5-8,18H,4,9-17,19H2,1-3H3. The molecule has 0 N–H and O–H groups in total. The number of ether oxygens (including phenoxy) is 1. The van der Waals surface area contributed by atoms with E-state index in [1.54, 1.807) is 16.8 Å². The number of nitrogens with zero attached hydrogens (tertiary/aromatic N) is 5. The number of hydrogen-bond donors (Lipinski definition) is 0. The average molecular weight is 502 g/mol. The summed E-state index contributed by atoms with van der Waals surface area (Å²) in [7, 11) is 2.09. The van der Waals surface area contributed by atoms with E-state index in [0.717, 1.165) is 44.2 Å². The van der Waals surface area contributed by atoms with E-state index in [1.807, 2.05) is 42.0 Å². The molecular formula is C26H36ClN5O3. The van der Waals surface area contributed by atoms with Gasteiger partial charge < -0.3 is 19.4 Å². The van der Waals surface area contributed by atoms with Crippen LogP contribution in [-0.4, -0.2) is 89.2 Å². The second kappa shape index (κ2) is 11.0. The number of aromatic nitrogens is 2. The summed E-state index contributed by atoms with van der Waals surface area (Å²) in [5.41, 5.74) is 1.09. The Balaban J connectivity index is 1.45. The second-order valence-electron chi connectivity index (χ2n) is 9.88. The Morgan fingerprint density at radius 2 is 1.69 bits per heavy atom. The number of carbonyl (C=O) groups excluding carboxylic acids is 2. The van der Waals surface area contributed by atoms with Crippen molar-refractivity contribution in [2.45, 2.75) is 39.7 Å². The summed E-state index contributed by atoms with van der Waals surface area (Å²) in [6, 6.07) is 7.31. The number of rotatable bonds is 7. The lowest BCUT2D eigenvalue weighted by atomic mass is 9.75. The Labute approximate surface area is 212 Å². The molecule has 2 fully saturated rings. The Bertz CT molecular complexity index is 1020. The van der Waals surface area contributed by atoms with Crippen LogP contribution < -0.4 is 4.74 Å². The van der Waals surface area contributed by atoms with Crippen molar-refractivity contribution in [3.8, 4) is 5.75 Å². The predicted molar refractivity (Wildman–Crippen MR) is 136 cm³/mol. The van der Waals surface area contributed by atoms with Crippen LogP contribution in [0.15, 0.2) is 30.5 Å². The summed E-state index contributed by atoms with van der Waals surface area (Å²) in [6.07, 6.45) is 3.69. The molecule has 1 aromatic heterocycles. The van der Waals surface area contributed by atoms with Crippen LogP contribution in [-0.2, 0) is 11.3 Å². The average Bonchev–Trinajstić information content (AvgIpc) is 3.25. The summed E-state index contributed by atoms with van der Waals surface area (Å²) >= 11 is 6.02. The van der Waals surface area contributed by atoms with Gasteiger partial charge in [0.1, 0.15) is 5.75 Å². The zero-order valence-electron chi connectivity index (χ0n) is 21.0. The van der Waals surface area contributed by atoms with E-state index in [0.29, 0.717) is 49.5 Å². The normalized spacial score (nSPS) is 18.5. The molecule has 0 aliphatic carbocycles. The quantitative estimate of drug-likeness (QED) is 0.582. The van der Waals surface area contributed by atoms with Crippen molar-refractivity contribution >= 4 is 23.4 Å². The first kappa shape index (κ1) is 25.5. The van der Waals surface area contributed by atoms with Crippen LogP contribution in [0.1, 0.15) is 42.2 Å². The number of piperidine rings is 1. The molecule has 2 aliphatic rings. The number of aryl methyl sites for hydroxylation is 2. The molecule has 2 aliphatic heterocycles. The van der Waals surface area contributed by atoms with Gasteiger partial charge in [-0.1, -0.05) is 11.6 Å². The molecule has 1 aromatic carbocycles. The van der Waals surface area contributed by atoms with E-state index in [9.17, 15) is 9.59 Å². The van der Waals surface area contributed by atoms with Gasteiger partial charge in [-0.3, -0.25) is 14.3 Å². The van der Waals surface area contributed by atoms with Gasteiger partial charge in [-0.25, -0.2) is 0 Å². The molecule has 8 nitrogen and oxygen atoms in total. The molecule has 0 saturated carbocycles. The third kappa shape index (κ3) is 6.16. The number of likely N-dealkylation sites (N-methyl/N-ethyl adjacent to an activating group) is 1. The maximum atomic E-state index is 13.3. The van der Waals surface area contributed by atoms with Gasteiger partial charge in [-0.2, -0.15) is 5.10 Å². The van der Waals surface area contributed by atoms with Gasteiger partial charge >= 0.3 is 0 Å². The lowest BCUT2D eigenvalue weighted by molar-refractivity contribution is -0.136. The zero-order chi connectivity index (χ0) is 25.0. The molecule has 3 heterocycles. The largest absolute Gasteiger partial charge is 0.493 e. The number of piperazine rings is 1. The van der Waals surface area contributed by atoms with E-state index in [1.165, 1.54) is 0 Å². The van der Waals surface area contributed by atoms with Crippen LogP contribution in [0, 0.1) is 12.3 Å². The number of amides is 2. The fourth-order valence-corrected chi connectivity index (χ4v) is 5.00. The van der Waals surface area contributed by atoms with Crippen LogP contribution in [0.3, 0.4) is 0 Å². The maximum Gasteiger partial charge on any atom is 0.257 e. The molecule has 35 heavy (non-hydrogen) atoms. The monoisotopic (exact) mass is 501 g/mol. The van der Waals surface area contributed by atoms with Gasteiger partial charge in [0, 0.05) is 68.9 Å². The van der Waals surface area contributed by atoms with Gasteiger partial charge in [0.2, 0.25) is 5.91 Å². The molecule has 0 atom stereocenters. The van der Waals surface area contributed by atoms with Crippen molar-refractivity contribution in [3.05, 3.63) is 46.7 Å². The van der Waals surface area contributed by atoms with Crippen molar-refractivity contribution in [2.75, 3.05) is 52.9 Å². The lowest BCUT2D eigenvalue weighted by Gasteiger charge is -2.42. The smallest absolute Gasteiger partial charge is 0.257 e. The van der Waals surface area contributed by atoms with Crippen molar-refractivity contribution < 1.29 is 14.3 Å². The van der Waals surface area contributed by atoms with E-state index in [2.05, 4.69) is 17.0 Å². The number of hydrogen-bond acceptors (Lipinski definition) is 5. The van der Waals surface area contributed by atoms with Crippen molar-refractivity contribution in [3.63, 3.8) is 0 Å². The zero-order valence-corrected chi connectivity index (χ0v) is 21.8. The first-order valence-corrected chi connectivity index (χ1v) is 12.8. The van der Waals surface area contributed by atoms with Crippen LogP contribution in [0.2, 0.25) is 5.02 Å². The van der Waals surface area contributed by atoms with Gasteiger partial charge in [-0.05, 0) is 58.0 Å². The minimum atomic E-state index is -0.320. The van der Waals surface area contributed by atoms with Gasteiger partial charge in [0.25, 0.3) is 5.91 Å². The summed E-state index contributed by atoms with van der Waals surface area (Å²) < 4.78 is 7.97. The fraction of sp³-hybridized carbons (Fsp3) is 0.577. The number of halogens is 1. The molecular weight excluding hydrogens is 466 g/mol. The first-order valence-electron chi connectivity index (χ1n) is 12.5. The Morgan fingerprint density at radius 3 is 2.29 bits per heavy atom. The van der Waals surface area contributed by atoms with E-state index >= 15 is 0 Å². The highest BCUT2D eigenvalue weighted by molar-refractivity contribution is 6.30. The van der Waals surface area contributed by atoms with Crippen molar-refractivity contribution in [1.29, 1.82) is 0 Å².